The summed E-state index contributed by atoms with van der Waals surface area (Å²) in [5.74, 6) is 0. The zero-order valence-electron chi connectivity index (χ0n) is 33.9. The van der Waals surface area contributed by atoms with Crippen molar-refractivity contribution in [2.45, 2.75) is 171 Å². The zero-order chi connectivity index (χ0) is 35.6. The third kappa shape index (κ3) is 17.5. The molecule has 1 radical (unpaired) electrons. The maximum atomic E-state index is 6.83. The Morgan fingerprint density at radius 2 is 0.736 bits per heavy atom. The van der Waals surface area contributed by atoms with Crippen LogP contribution in [0.2, 0.25) is 5.02 Å². The fourth-order valence-electron chi connectivity index (χ4n) is 6.55. The van der Waals surface area contributed by atoms with E-state index in [2.05, 4.69) is 79.7 Å². The molecule has 0 bridgehead atoms. The van der Waals surface area contributed by atoms with Crippen molar-refractivity contribution in [3.05, 3.63) is 86.2 Å². The molecule has 8 heteroatoms. The van der Waals surface area contributed by atoms with Crippen LogP contribution >= 0.6 is 11.6 Å². The fourth-order valence-corrected chi connectivity index (χ4v) is 6.76. The zero-order valence-corrected chi connectivity index (χ0v) is 38.0. The summed E-state index contributed by atoms with van der Waals surface area (Å²) < 4.78 is 0. The van der Waals surface area contributed by atoms with Crippen molar-refractivity contribution in [1.29, 1.82) is 0 Å². The van der Waals surface area contributed by atoms with E-state index in [0.29, 0.717) is 5.02 Å². The Hall–Kier alpha value is -1.39. The Balaban J connectivity index is 0. The van der Waals surface area contributed by atoms with E-state index in [1.165, 1.54) is 110 Å². The summed E-state index contributed by atoms with van der Waals surface area (Å²) in [5, 5.41) is 0.670. The molecule has 1 aromatic heterocycles. The van der Waals surface area contributed by atoms with Crippen molar-refractivity contribution in [2.75, 3.05) is 0 Å². The molecule has 0 N–H and O–H groups in total. The topological polar surface area (TPSA) is 37.6 Å². The maximum Gasteiger partial charge on any atom is 3.00 e. The van der Waals surface area contributed by atoms with Crippen LogP contribution < -0.4 is 37.2 Å². The smallest absolute Gasteiger partial charge is 1.00 e. The van der Waals surface area contributed by atoms with Gasteiger partial charge in [-0.05, 0) is 136 Å². The van der Waals surface area contributed by atoms with E-state index in [1.807, 2.05) is 12.1 Å². The van der Waals surface area contributed by atoms with Gasteiger partial charge in [0.25, 0.3) is 0 Å². The van der Waals surface area contributed by atoms with E-state index in [4.69, 9.17) is 26.6 Å². The number of hydrogen-bond donors (Lipinski definition) is 0. The number of unbranched alkanes of at least 4 members (excludes halogenated alkanes) is 6. The van der Waals surface area contributed by atoms with Gasteiger partial charge in [-0.2, -0.15) is 0 Å². The monoisotopic (exact) mass is 844 g/mol. The number of hydrogen-bond acceptors (Lipinski definition) is 3. The van der Waals surface area contributed by atoms with Gasteiger partial charge < -0.3 is 37.2 Å². The minimum Gasteiger partial charge on any atom is -1.00 e. The number of pyridine rings is 1. The summed E-state index contributed by atoms with van der Waals surface area (Å²) in [6.07, 6.45) is 20.7. The molecule has 0 spiro atoms. The van der Waals surface area contributed by atoms with E-state index in [1.54, 1.807) is 0 Å². The number of nitrogens with zero attached hydrogens (tertiary/aromatic N) is 3. The van der Waals surface area contributed by atoms with Crippen LogP contribution in [0.1, 0.15) is 177 Å². The normalized spacial score (nSPS) is 11.3. The van der Waals surface area contributed by atoms with E-state index in [-0.39, 0.29) is 54.3 Å². The van der Waals surface area contributed by atoms with Crippen LogP contribution in [0.3, 0.4) is 0 Å². The maximum absolute atomic E-state index is 6.83. The molecule has 0 aliphatic heterocycles. The molecule has 0 aliphatic carbocycles. The second-order valence-corrected chi connectivity index (χ2v) is 14.5. The van der Waals surface area contributed by atoms with Crippen molar-refractivity contribution >= 4 is 34.4 Å². The average Bonchev–Trinajstić information content (AvgIpc) is 3.10. The molecule has 0 atom stereocenters. The molecule has 0 amide bonds. The number of aromatic nitrogens is 1. The third-order valence-corrected chi connectivity index (χ3v) is 9.80. The van der Waals surface area contributed by atoms with E-state index >= 15 is 0 Å². The first-order chi connectivity index (χ1) is 23.8. The van der Waals surface area contributed by atoms with Crippen molar-refractivity contribution in [1.82, 2.24) is 4.98 Å². The summed E-state index contributed by atoms with van der Waals surface area (Å²) in [5.41, 5.74) is 14.2. The molecule has 1 heterocycles. The predicted molar refractivity (Wildman–Crippen MR) is 218 cm³/mol. The third-order valence-electron chi connectivity index (χ3n) is 9.58. The summed E-state index contributed by atoms with van der Waals surface area (Å²) in [4.78, 5) is 15.9. The van der Waals surface area contributed by atoms with E-state index < -0.39 is 0 Å². The van der Waals surface area contributed by atoms with E-state index in [9.17, 15) is 0 Å². The molecule has 0 saturated heterocycles. The quantitative estimate of drug-likeness (QED) is 0.103. The minimum atomic E-state index is 0. The molecular weight excluding hydrogens is 780 g/mol. The first kappa shape index (κ1) is 53.7. The number of aliphatic imine (C=N–C) groups is 2. The molecule has 0 saturated carbocycles. The summed E-state index contributed by atoms with van der Waals surface area (Å²) in [6, 6.07) is 13.7. The van der Waals surface area contributed by atoms with Crippen LogP contribution in [0.4, 0.5) is 11.4 Å². The molecule has 3 nitrogen and oxygen atoms in total. The molecule has 2 aromatic carbocycles. The average molecular weight is 847 g/mol. The van der Waals surface area contributed by atoms with Gasteiger partial charge in [-0.3, -0.25) is 9.98 Å². The number of aryl methyl sites for hydroxylation is 6. The molecule has 3 aromatic rings. The van der Waals surface area contributed by atoms with Crippen LogP contribution in [0.15, 0.2) is 46.4 Å². The predicted octanol–water partition coefficient (Wildman–Crippen LogP) is 5.08. The largest absolute Gasteiger partial charge is 3.00 e. The van der Waals surface area contributed by atoms with Crippen LogP contribution in [0.25, 0.3) is 0 Å². The van der Waals surface area contributed by atoms with Crippen molar-refractivity contribution in [3.8, 4) is 0 Å². The van der Waals surface area contributed by atoms with Gasteiger partial charge in [-0.15, -0.1) is 0 Å². The van der Waals surface area contributed by atoms with Gasteiger partial charge in [-0.1, -0.05) is 116 Å². The molecule has 297 valence electrons. The molecular formula is C45H66Cl4FeN3. The first-order valence-corrected chi connectivity index (χ1v) is 20.2. The fraction of sp³-hybridized carbons (Fsp3) is 0.578. The van der Waals surface area contributed by atoms with Gasteiger partial charge in [0.05, 0.1) is 34.2 Å². The van der Waals surface area contributed by atoms with Crippen molar-refractivity contribution < 1.29 is 54.3 Å². The van der Waals surface area contributed by atoms with Crippen molar-refractivity contribution in [3.63, 3.8) is 0 Å². The Kier molecular flexibility index (Phi) is 30.2. The second kappa shape index (κ2) is 29.8. The number of halogens is 4. The Labute approximate surface area is 358 Å². The number of rotatable bonds is 22. The second-order valence-electron chi connectivity index (χ2n) is 14.1. The first-order valence-electron chi connectivity index (χ1n) is 19.9. The standard InChI is InChI=1S/C45H66ClN3.3ClH.Fe/c1-9-15-21-35-27-37(23-17-11-3)44(38(28-35)24-18-12-4)47-33(7)42-31-41(46)32-43(49-42)34(8)48-45-39(25-19-13-5)29-36(22-16-10-2)30-40(45)26-20-14-6;;;;/h27-32H,9-26H2,1-8H3;3*1H;/q;;;;+3/p-3. The van der Waals surface area contributed by atoms with Gasteiger partial charge in [0, 0.05) is 5.02 Å². The molecule has 3 rings (SSSR count). The van der Waals surface area contributed by atoms with Gasteiger partial charge in [0.15, 0.2) is 0 Å². The SMILES string of the molecule is CCCCc1cc(CCCC)c(N=C(C)c2cc(Cl)cc(C(C)=Nc3c(CCCC)cc(CCCC)cc3CCCC)n2)c(CCCC)c1.[Cl-].[Cl-].[Cl-].[Fe+3]. The minimum absolute atomic E-state index is 0. The van der Waals surface area contributed by atoms with Gasteiger partial charge in [0.1, 0.15) is 0 Å². The Morgan fingerprint density at radius 1 is 0.472 bits per heavy atom. The van der Waals surface area contributed by atoms with Crippen molar-refractivity contribution in [2.24, 2.45) is 9.98 Å². The number of benzene rings is 2. The van der Waals surface area contributed by atoms with Gasteiger partial charge >= 0.3 is 17.1 Å². The summed E-state index contributed by atoms with van der Waals surface area (Å²) in [6.45, 7) is 17.8. The van der Waals surface area contributed by atoms with E-state index in [0.717, 1.165) is 72.7 Å². The molecule has 53 heavy (non-hydrogen) atoms. The summed E-state index contributed by atoms with van der Waals surface area (Å²) >= 11 is 6.83. The molecule has 0 aliphatic rings. The van der Waals surface area contributed by atoms with Gasteiger partial charge in [0.2, 0.25) is 0 Å². The molecule has 0 unspecified atom stereocenters. The van der Waals surface area contributed by atoms with Gasteiger partial charge in [-0.25, -0.2) is 4.98 Å². The molecule has 0 fully saturated rings. The Morgan fingerprint density at radius 3 is 1.00 bits per heavy atom. The van der Waals surface area contributed by atoms with Crippen LogP contribution in [-0.4, -0.2) is 16.4 Å². The van der Waals surface area contributed by atoms with Crippen LogP contribution in [-0.2, 0) is 55.6 Å². The summed E-state index contributed by atoms with van der Waals surface area (Å²) in [7, 11) is 0. The Bertz CT molecular complexity index is 1370. The van der Waals surface area contributed by atoms with Crippen LogP contribution in [0.5, 0.6) is 0 Å². The van der Waals surface area contributed by atoms with Crippen LogP contribution in [0, 0.1) is 0 Å².